The van der Waals surface area contributed by atoms with Gasteiger partial charge in [-0.05, 0) is 73.5 Å². The number of carbonyl (C=O) groups excluding carboxylic acids is 1. The van der Waals surface area contributed by atoms with Gasteiger partial charge in [-0.1, -0.05) is 29.8 Å². The molecule has 0 spiro atoms. The molecular formula is C23H22ClFN2O4S. The van der Waals surface area contributed by atoms with Crippen LogP contribution in [0.2, 0.25) is 5.02 Å². The van der Waals surface area contributed by atoms with E-state index in [1.165, 1.54) is 42.5 Å². The molecule has 6 nitrogen and oxygen atoms in total. The van der Waals surface area contributed by atoms with Crippen LogP contribution in [0.25, 0.3) is 0 Å². The number of benzene rings is 3. The standard InChI is InChI=1S/C23H22ClFN2O4S/c1-15-3-8-19(13-22(15)24)27-32(29,30)21-11-9-20(10-12-21)31-14-23(28)26-16(2)17-4-6-18(25)7-5-17/h3-13,16,27H,14H2,1-2H3,(H,26,28). The maximum Gasteiger partial charge on any atom is 0.261 e. The van der Waals surface area contributed by atoms with E-state index in [0.717, 1.165) is 11.1 Å². The zero-order valence-corrected chi connectivity index (χ0v) is 19.0. The van der Waals surface area contributed by atoms with Gasteiger partial charge in [0.1, 0.15) is 11.6 Å². The summed E-state index contributed by atoms with van der Waals surface area (Å²) in [6.07, 6.45) is 0. The molecule has 0 aliphatic carbocycles. The topological polar surface area (TPSA) is 84.5 Å². The first-order valence-electron chi connectivity index (χ1n) is 9.71. The van der Waals surface area contributed by atoms with Gasteiger partial charge in [-0.25, -0.2) is 12.8 Å². The number of carbonyl (C=O) groups is 1. The second-order valence-corrected chi connectivity index (χ2v) is 9.26. The van der Waals surface area contributed by atoms with E-state index in [4.69, 9.17) is 16.3 Å². The first-order chi connectivity index (χ1) is 15.1. The number of amides is 1. The second kappa shape index (κ2) is 10.0. The van der Waals surface area contributed by atoms with Crippen LogP contribution in [0.3, 0.4) is 0 Å². The lowest BCUT2D eigenvalue weighted by Gasteiger charge is -2.15. The Labute approximate surface area is 191 Å². The van der Waals surface area contributed by atoms with Crippen LogP contribution < -0.4 is 14.8 Å². The highest BCUT2D eigenvalue weighted by molar-refractivity contribution is 7.92. The van der Waals surface area contributed by atoms with E-state index >= 15 is 0 Å². The minimum atomic E-state index is -3.81. The first kappa shape index (κ1) is 23.6. The maximum atomic E-state index is 13.0. The van der Waals surface area contributed by atoms with Gasteiger partial charge in [0.2, 0.25) is 0 Å². The number of halogens is 2. The molecule has 0 aliphatic heterocycles. The summed E-state index contributed by atoms with van der Waals surface area (Å²) in [7, 11) is -3.81. The molecule has 32 heavy (non-hydrogen) atoms. The number of rotatable bonds is 8. The molecule has 0 heterocycles. The summed E-state index contributed by atoms with van der Waals surface area (Å²) in [6.45, 7) is 3.35. The molecule has 0 saturated heterocycles. The van der Waals surface area contributed by atoms with Crippen molar-refractivity contribution in [2.24, 2.45) is 0 Å². The normalized spacial score (nSPS) is 12.1. The summed E-state index contributed by atoms with van der Waals surface area (Å²) in [5.74, 6) is -0.373. The molecule has 0 aliphatic rings. The Hall–Kier alpha value is -3.10. The Balaban J connectivity index is 1.56. The minimum Gasteiger partial charge on any atom is -0.484 e. The van der Waals surface area contributed by atoms with E-state index in [-0.39, 0.29) is 29.3 Å². The number of hydrogen-bond donors (Lipinski definition) is 2. The summed E-state index contributed by atoms with van der Waals surface area (Å²) in [5, 5.41) is 3.21. The molecule has 0 radical (unpaired) electrons. The molecule has 168 valence electrons. The van der Waals surface area contributed by atoms with E-state index in [2.05, 4.69) is 10.0 Å². The Morgan fingerprint density at radius 3 is 2.34 bits per heavy atom. The molecular weight excluding hydrogens is 455 g/mol. The van der Waals surface area contributed by atoms with E-state index in [1.54, 1.807) is 31.2 Å². The van der Waals surface area contributed by atoms with E-state index < -0.39 is 10.0 Å². The second-order valence-electron chi connectivity index (χ2n) is 7.17. The van der Waals surface area contributed by atoms with Gasteiger partial charge in [0.05, 0.1) is 16.6 Å². The van der Waals surface area contributed by atoms with Crippen molar-refractivity contribution in [3.05, 3.63) is 88.7 Å². The van der Waals surface area contributed by atoms with Crippen molar-refractivity contribution < 1.29 is 22.3 Å². The predicted molar refractivity (Wildman–Crippen MR) is 122 cm³/mol. The SMILES string of the molecule is Cc1ccc(NS(=O)(=O)c2ccc(OCC(=O)NC(C)c3ccc(F)cc3)cc2)cc1Cl. The van der Waals surface area contributed by atoms with Crippen LogP contribution in [0.4, 0.5) is 10.1 Å². The molecule has 0 fully saturated rings. The maximum absolute atomic E-state index is 13.0. The Morgan fingerprint density at radius 2 is 1.72 bits per heavy atom. The van der Waals surface area contributed by atoms with E-state index in [0.29, 0.717) is 16.5 Å². The molecule has 0 bridgehead atoms. The summed E-state index contributed by atoms with van der Waals surface area (Å²) < 4.78 is 46.1. The van der Waals surface area contributed by atoms with E-state index in [9.17, 15) is 17.6 Å². The monoisotopic (exact) mass is 476 g/mol. The number of aryl methyl sites for hydroxylation is 1. The van der Waals surface area contributed by atoms with Gasteiger partial charge in [-0.2, -0.15) is 0 Å². The summed E-state index contributed by atoms with van der Waals surface area (Å²) in [4.78, 5) is 12.2. The Kier molecular flexibility index (Phi) is 7.37. The molecule has 2 N–H and O–H groups in total. The van der Waals surface area contributed by atoms with Gasteiger partial charge in [-0.3, -0.25) is 9.52 Å². The molecule has 3 aromatic carbocycles. The van der Waals surface area contributed by atoms with Crippen LogP contribution in [0, 0.1) is 12.7 Å². The van der Waals surface area contributed by atoms with E-state index in [1.807, 2.05) is 6.92 Å². The fraction of sp³-hybridized carbons (Fsp3) is 0.174. The zero-order valence-electron chi connectivity index (χ0n) is 17.4. The fourth-order valence-electron chi connectivity index (χ4n) is 2.85. The number of hydrogen-bond acceptors (Lipinski definition) is 4. The molecule has 0 saturated carbocycles. The highest BCUT2D eigenvalue weighted by Crippen LogP contribution is 2.23. The van der Waals surface area contributed by atoms with Crippen LogP contribution in [0.1, 0.15) is 24.1 Å². The van der Waals surface area contributed by atoms with Crippen molar-refractivity contribution >= 4 is 33.2 Å². The van der Waals surface area contributed by atoms with Gasteiger partial charge < -0.3 is 10.1 Å². The van der Waals surface area contributed by atoms with Crippen molar-refractivity contribution in [1.29, 1.82) is 0 Å². The van der Waals surface area contributed by atoms with Crippen LogP contribution in [-0.4, -0.2) is 20.9 Å². The number of ether oxygens (including phenoxy) is 1. The van der Waals surface area contributed by atoms with Crippen molar-refractivity contribution in [2.45, 2.75) is 24.8 Å². The third-order valence-corrected chi connectivity index (χ3v) is 6.48. The predicted octanol–water partition coefficient (Wildman–Crippen LogP) is 4.84. The van der Waals surface area contributed by atoms with Crippen LogP contribution in [-0.2, 0) is 14.8 Å². The highest BCUT2D eigenvalue weighted by Gasteiger charge is 2.15. The van der Waals surface area contributed by atoms with Crippen LogP contribution in [0.15, 0.2) is 71.6 Å². The van der Waals surface area contributed by atoms with Crippen molar-refractivity contribution in [2.75, 3.05) is 11.3 Å². The molecule has 3 aromatic rings. The summed E-state index contributed by atoms with van der Waals surface area (Å²) in [5.41, 5.74) is 1.96. The lowest BCUT2D eigenvalue weighted by atomic mass is 10.1. The van der Waals surface area contributed by atoms with Gasteiger partial charge in [-0.15, -0.1) is 0 Å². The smallest absolute Gasteiger partial charge is 0.261 e. The quantitative estimate of drug-likeness (QED) is 0.487. The minimum absolute atomic E-state index is 0.0379. The summed E-state index contributed by atoms with van der Waals surface area (Å²) in [6, 6.07) is 16.1. The van der Waals surface area contributed by atoms with Gasteiger partial charge >= 0.3 is 0 Å². The average molecular weight is 477 g/mol. The Bertz CT molecular complexity index is 1200. The molecule has 1 unspecified atom stereocenters. The average Bonchev–Trinajstić information content (AvgIpc) is 2.75. The molecule has 1 atom stereocenters. The number of sulfonamides is 1. The molecule has 0 aromatic heterocycles. The zero-order chi connectivity index (χ0) is 23.3. The lowest BCUT2D eigenvalue weighted by Crippen LogP contribution is -2.31. The first-order valence-corrected chi connectivity index (χ1v) is 11.6. The van der Waals surface area contributed by atoms with Gasteiger partial charge in [0, 0.05) is 5.02 Å². The molecule has 1 amide bonds. The number of anilines is 1. The fourth-order valence-corrected chi connectivity index (χ4v) is 4.08. The van der Waals surface area contributed by atoms with Crippen molar-refractivity contribution in [3.8, 4) is 5.75 Å². The molecule has 3 rings (SSSR count). The number of nitrogens with one attached hydrogen (secondary N) is 2. The third kappa shape index (κ3) is 6.21. The lowest BCUT2D eigenvalue weighted by molar-refractivity contribution is -0.123. The Morgan fingerprint density at radius 1 is 1.06 bits per heavy atom. The largest absolute Gasteiger partial charge is 0.484 e. The highest BCUT2D eigenvalue weighted by atomic mass is 35.5. The summed E-state index contributed by atoms with van der Waals surface area (Å²) >= 11 is 6.04. The van der Waals surface area contributed by atoms with Gasteiger partial charge in [0.15, 0.2) is 6.61 Å². The van der Waals surface area contributed by atoms with Crippen molar-refractivity contribution in [3.63, 3.8) is 0 Å². The third-order valence-electron chi connectivity index (χ3n) is 4.68. The van der Waals surface area contributed by atoms with Crippen molar-refractivity contribution in [1.82, 2.24) is 5.32 Å². The van der Waals surface area contributed by atoms with Crippen LogP contribution >= 0.6 is 11.6 Å². The van der Waals surface area contributed by atoms with Crippen LogP contribution in [0.5, 0.6) is 5.75 Å². The van der Waals surface area contributed by atoms with Gasteiger partial charge in [0.25, 0.3) is 15.9 Å². The molecule has 9 heteroatoms.